The van der Waals surface area contributed by atoms with Gasteiger partial charge in [0.05, 0.1) is 0 Å². The second-order valence-electron chi connectivity index (χ2n) is 5.11. The van der Waals surface area contributed by atoms with Gasteiger partial charge in [-0.1, -0.05) is 48.0 Å². The summed E-state index contributed by atoms with van der Waals surface area (Å²) in [6.07, 6.45) is 1.51. The summed E-state index contributed by atoms with van der Waals surface area (Å²) in [5, 5.41) is 0.795. The normalized spacial score (nSPS) is 18.2. The van der Waals surface area contributed by atoms with Crippen LogP contribution in [-0.2, 0) is 0 Å². The zero-order chi connectivity index (χ0) is 13.4. The highest BCUT2D eigenvalue weighted by molar-refractivity contribution is 6.31. The van der Waals surface area contributed by atoms with Crippen LogP contribution in [0.25, 0.3) is 0 Å². The van der Waals surface area contributed by atoms with Crippen LogP contribution in [0.15, 0.2) is 42.5 Å². The summed E-state index contributed by atoms with van der Waals surface area (Å²) in [4.78, 5) is 12.0. The topological polar surface area (TPSA) is 17.1 Å². The summed E-state index contributed by atoms with van der Waals surface area (Å²) in [7, 11) is 0. The third-order valence-electron chi connectivity index (χ3n) is 3.88. The van der Waals surface area contributed by atoms with Crippen molar-refractivity contribution in [3.05, 3.63) is 69.7 Å². The van der Waals surface area contributed by atoms with Crippen molar-refractivity contribution in [1.29, 1.82) is 0 Å². The number of aryl methyl sites for hydroxylation is 1. The molecule has 0 bridgehead atoms. The molecular formula is C17H15ClO. The highest BCUT2D eigenvalue weighted by atomic mass is 35.5. The maximum Gasteiger partial charge on any atom is 0.163 e. The van der Waals surface area contributed by atoms with E-state index in [9.17, 15) is 4.79 Å². The van der Waals surface area contributed by atoms with Crippen LogP contribution < -0.4 is 0 Å². The molecule has 0 N–H and O–H groups in total. The molecule has 0 saturated heterocycles. The number of hydrogen-bond donors (Lipinski definition) is 0. The maximum atomic E-state index is 12.0. The number of fused-ring (bicyclic) bond motifs is 1. The molecule has 0 radical (unpaired) electrons. The number of benzene rings is 2. The van der Waals surface area contributed by atoms with Gasteiger partial charge in [0.1, 0.15) is 0 Å². The lowest BCUT2D eigenvalue weighted by atomic mass is 9.78. The number of carbonyl (C=O) groups excluding carboxylic acids is 1. The zero-order valence-corrected chi connectivity index (χ0v) is 11.6. The van der Waals surface area contributed by atoms with E-state index in [1.54, 1.807) is 0 Å². The van der Waals surface area contributed by atoms with Crippen LogP contribution in [-0.4, -0.2) is 5.78 Å². The Bertz CT molecular complexity index is 645. The van der Waals surface area contributed by atoms with Crippen LogP contribution in [0.3, 0.4) is 0 Å². The molecule has 3 rings (SSSR count). The van der Waals surface area contributed by atoms with Crippen molar-refractivity contribution in [2.24, 2.45) is 0 Å². The van der Waals surface area contributed by atoms with Gasteiger partial charge in [0.2, 0.25) is 0 Å². The van der Waals surface area contributed by atoms with Crippen molar-refractivity contribution in [1.82, 2.24) is 0 Å². The van der Waals surface area contributed by atoms with E-state index in [0.717, 1.165) is 28.1 Å². The van der Waals surface area contributed by atoms with E-state index in [0.29, 0.717) is 12.3 Å². The fraction of sp³-hybridized carbons (Fsp3) is 0.235. The summed E-state index contributed by atoms with van der Waals surface area (Å²) >= 11 is 6.09. The first-order chi connectivity index (χ1) is 9.16. The smallest absolute Gasteiger partial charge is 0.163 e. The third kappa shape index (κ3) is 2.19. The average Bonchev–Trinajstić information content (AvgIpc) is 2.43. The van der Waals surface area contributed by atoms with E-state index >= 15 is 0 Å². The SMILES string of the molecule is Cc1cc(C2CCC(=O)c3ccccc32)ccc1Cl. The van der Waals surface area contributed by atoms with Crippen LogP contribution in [0.1, 0.15) is 45.8 Å². The Balaban J connectivity index is 2.09. The molecule has 0 spiro atoms. The second-order valence-corrected chi connectivity index (χ2v) is 5.52. The van der Waals surface area contributed by atoms with Crippen molar-refractivity contribution < 1.29 is 4.79 Å². The highest BCUT2D eigenvalue weighted by Crippen LogP contribution is 2.37. The van der Waals surface area contributed by atoms with Crippen molar-refractivity contribution in [2.45, 2.75) is 25.7 Å². The molecule has 1 atom stereocenters. The lowest BCUT2D eigenvalue weighted by Crippen LogP contribution is -2.16. The van der Waals surface area contributed by atoms with E-state index < -0.39 is 0 Å². The van der Waals surface area contributed by atoms with E-state index in [1.807, 2.05) is 31.2 Å². The van der Waals surface area contributed by atoms with Gasteiger partial charge in [-0.2, -0.15) is 0 Å². The predicted octanol–water partition coefficient (Wildman–Crippen LogP) is 4.76. The Morgan fingerprint density at radius 2 is 1.95 bits per heavy atom. The standard InChI is InChI=1S/C17H15ClO/c1-11-10-12(6-8-16(11)18)13-7-9-17(19)15-5-3-2-4-14(13)15/h2-6,8,10,13H,7,9H2,1H3. The Kier molecular flexibility index (Phi) is 3.16. The molecule has 96 valence electrons. The molecule has 0 aliphatic heterocycles. The number of halogens is 1. The first-order valence-corrected chi connectivity index (χ1v) is 6.93. The summed E-state index contributed by atoms with van der Waals surface area (Å²) in [5.41, 5.74) is 4.38. The van der Waals surface area contributed by atoms with E-state index in [4.69, 9.17) is 11.6 Å². The van der Waals surface area contributed by atoms with E-state index in [1.165, 1.54) is 5.56 Å². The molecule has 0 amide bonds. The Hall–Kier alpha value is -1.60. The van der Waals surface area contributed by atoms with Crippen LogP contribution in [0.4, 0.5) is 0 Å². The lowest BCUT2D eigenvalue weighted by molar-refractivity contribution is 0.0969. The number of rotatable bonds is 1. The molecule has 2 aromatic rings. The summed E-state index contributed by atoms with van der Waals surface area (Å²) in [6.45, 7) is 2.02. The van der Waals surface area contributed by atoms with Gasteiger partial charge in [-0.15, -0.1) is 0 Å². The fourth-order valence-corrected chi connectivity index (χ4v) is 2.97. The average molecular weight is 271 g/mol. The van der Waals surface area contributed by atoms with E-state index in [2.05, 4.69) is 18.2 Å². The highest BCUT2D eigenvalue weighted by Gasteiger charge is 2.26. The van der Waals surface area contributed by atoms with Gasteiger partial charge in [0.25, 0.3) is 0 Å². The first-order valence-electron chi connectivity index (χ1n) is 6.55. The molecule has 1 aliphatic rings. The maximum absolute atomic E-state index is 12.0. The number of carbonyl (C=O) groups is 1. The molecule has 2 aromatic carbocycles. The molecule has 2 heteroatoms. The Morgan fingerprint density at radius 1 is 1.16 bits per heavy atom. The molecule has 0 saturated carbocycles. The Morgan fingerprint density at radius 3 is 2.74 bits per heavy atom. The Labute approximate surface area is 118 Å². The largest absolute Gasteiger partial charge is 0.294 e. The molecule has 0 heterocycles. The van der Waals surface area contributed by atoms with Gasteiger partial charge in [-0.25, -0.2) is 0 Å². The van der Waals surface area contributed by atoms with Gasteiger partial charge in [-0.05, 0) is 36.1 Å². The minimum Gasteiger partial charge on any atom is -0.294 e. The molecule has 0 fully saturated rings. The van der Waals surface area contributed by atoms with Gasteiger partial charge in [0.15, 0.2) is 5.78 Å². The third-order valence-corrected chi connectivity index (χ3v) is 4.31. The molecule has 1 nitrogen and oxygen atoms in total. The number of hydrogen-bond acceptors (Lipinski definition) is 1. The van der Waals surface area contributed by atoms with E-state index in [-0.39, 0.29) is 5.78 Å². The first kappa shape index (κ1) is 12.4. The molecular weight excluding hydrogens is 256 g/mol. The lowest BCUT2D eigenvalue weighted by Gasteiger charge is -2.25. The second kappa shape index (κ2) is 4.82. The van der Waals surface area contributed by atoms with Gasteiger partial charge in [0, 0.05) is 22.9 Å². The van der Waals surface area contributed by atoms with Crippen molar-refractivity contribution in [3.63, 3.8) is 0 Å². The zero-order valence-electron chi connectivity index (χ0n) is 10.8. The minimum atomic E-state index is 0.262. The van der Waals surface area contributed by atoms with Gasteiger partial charge >= 0.3 is 0 Å². The number of Topliss-reactive ketones (excluding diaryl/α,β-unsaturated/α-hetero) is 1. The quantitative estimate of drug-likeness (QED) is 0.730. The molecule has 1 unspecified atom stereocenters. The molecule has 1 aliphatic carbocycles. The van der Waals surface area contributed by atoms with Crippen LogP contribution in [0.2, 0.25) is 5.02 Å². The minimum absolute atomic E-state index is 0.262. The summed E-state index contributed by atoms with van der Waals surface area (Å²) in [6, 6.07) is 14.1. The summed E-state index contributed by atoms with van der Waals surface area (Å²) < 4.78 is 0. The van der Waals surface area contributed by atoms with Crippen LogP contribution in [0.5, 0.6) is 0 Å². The van der Waals surface area contributed by atoms with Crippen molar-refractivity contribution >= 4 is 17.4 Å². The van der Waals surface area contributed by atoms with Crippen molar-refractivity contribution in [2.75, 3.05) is 0 Å². The fourth-order valence-electron chi connectivity index (χ4n) is 2.85. The van der Waals surface area contributed by atoms with Crippen molar-refractivity contribution in [3.8, 4) is 0 Å². The van der Waals surface area contributed by atoms with Crippen LogP contribution in [0, 0.1) is 6.92 Å². The predicted molar refractivity (Wildman–Crippen MR) is 78.0 cm³/mol. The molecule has 19 heavy (non-hydrogen) atoms. The van der Waals surface area contributed by atoms with Crippen LogP contribution >= 0.6 is 11.6 Å². The van der Waals surface area contributed by atoms with Gasteiger partial charge < -0.3 is 0 Å². The van der Waals surface area contributed by atoms with Gasteiger partial charge in [-0.3, -0.25) is 4.79 Å². The molecule has 0 aromatic heterocycles. The summed E-state index contributed by atoms with van der Waals surface area (Å²) in [5.74, 6) is 0.572. The number of ketones is 1. The monoisotopic (exact) mass is 270 g/mol.